The Balaban J connectivity index is 1.51. The van der Waals surface area contributed by atoms with Gasteiger partial charge >= 0.3 is 6.61 Å². The molecule has 2 heterocycles. The Bertz CT molecular complexity index is 931. The molecule has 2 aliphatic heterocycles. The summed E-state index contributed by atoms with van der Waals surface area (Å²) in [5, 5.41) is 0. The molecule has 0 aliphatic carbocycles. The van der Waals surface area contributed by atoms with Gasteiger partial charge in [0.2, 0.25) is 5.91 Å². The number of ether oxygens (including phenoxy) is 3. The molecule has 1 unspecified atom stereocenters. The van der Waals surface area contributed by atoms with Gasteiger partial charge in [-0.25, -0.2) is 0 Å². The number of halogens is 2. The van der Waals surface area contributed by atoms with Crippen LogP contribution in [-0.2, 0) is 4.79 Å². The molecule has 0 spiro atoms. The molecule has 7 heteroatoms. The Labute approximate surface area is 173 Å². The van der Waals surface area contributed by atoms with Crippen LogP contribution in [0.4, 0.5) is 8.78 Å². The topological polar surface area (TPSA) is 48.0 Å². The minimum Gasteiger partial charge on any atom is -0.490 e. The van der Waals surface area contributed by atoms with E-state index in [0.717, 1.165) is 30.6 Å². The van der Waals surface area contributed by atoms with Gasteiger partial charge in [-0.15, -0.1) is 0 Å². The molecule has 4 rings (SSSR count). The van der Waals surface area contributed by atoms with E-state index < -0.39 is 6.61 Å². The second-order valence-electron chi connectivity index (χ2n) is 7.20. The standard InChI is InChI=1S/C23H23F2NO4/c24-23(25)30-19-7-2-1-5-16(19)9-11-22(27)26-12-3-6-18(26)17-8-10-20-21(15-17)29-14-4-13-28-20/h1-2,5,7-11,15,18,23H,3-4,6,12-14H2. The Kier molecular flexibility index (Phi) is 6.16. The van der Waals surface area contributed by atoms with Crippen LogP contribution in [0.2, 0.25) is 0 Å². The molecule has 1 saturated heterocycles. The van der Waals surface area contributed by atoms with Crippen LogP contribution in [0.3, 0.4) is 0 Å². The van der Waals surface area contributed by atoms with Crippen molar-refractivity contribution in [2.24, 2.45) is 0 Å². The van der Waals surface area contributed by atoms with E-state index in [1.54, 1.807) is 23.1 Å². The largest absolute Gasteiger partial charge is 0.490 e. The molecule has 2 aliphatic rings. The van der Waals surface area contributed by atoms with E-state index in [1.807, 2.05) is 18.2 Å². The fraction of sp³-hybridized carbons (Fsp3) is 0.348. The van der Waals surface area contributed by atoms with Crippen molar-refractivity contribution in [3.8, 4) is 17.2 Å². The molecule has 158 valence electrons. The zero-order valence-electron chi connectivity index (χ0n) is 16.4. The summed E-state index contributed by atoms with van der Waals surface area (Å²) in [5.74, 6) is 1.30. The molecule has 0 N–H and O–H groups in total. The highest BCUT2D eigenvalue weighted by Gasteiger charge is 2.29. The van der Waals surface area contributed by atoms with Crippen LogP contribution < -0.4 is 14.2 Å². The van der Waals surface area contributed by atoms with Gasteiger partial charge in [0.25, 0.3) is 0 Å². The third-order valence-corrected chi connectivity index (χ3v) is 5.23. The van der Waals surface area contributed by atoms with Crippen LogP contribution >= 0.6 is 0 Å². The lowest BCUT2D eigenvalue weighted by Crippen LogP contribution is -2.28. The van der Waals surface area contributed by atoms with Gasteiger partial charge in [0.05, 0.1) is 19.3 Å². The number of benzene rings is 2. The molecular formula is C23H23F2NO4. The van der Waals surface area contributed by atoms with Gasteiger partial charge in [-0.3, -0.25) is 4.79 Å². The molecule has 1 atom stereocenters. The number of alkyl halides is 2. The third-order valence-electron chi connectivity index (χ3n) is 5.23. The van der Waals surface area contributed by atoms with Crippen LogP contribution in [0, 0.1) is 0 Å². The first-order valence-electron chi connectivity index (χ1n) is 10.0. The van der Waals surface area contributed by atoms with Gasteiger partial charge in [0.1, 0.15) is 5.75 Å². The summed E-state index contributed by atoms with van der Waals surface area (Å²) in [5.41, 5.74) is 1.43. The summed E-state index contributed by atoms with van der Waals surface area (Å²) in [6.07, 6.45) is 5.51. The number of para-hydroxylation sites is 1. The van der Waals surface area contributed by atoms with Crippen molar-refractivity contribution >= 4 is 12.0 Å². The zero-order valence-corrected chi connectivity index (χ0v) is 16.4. The first-order chi connectivity index (χ1) is 14.6. The number of carbonyl (C=O) groups excluding carboxylic acids is 1. The van der Waals surface area contributed by atoms with Crippen molar-refractivity contribution < 1.29 is 27.8 Å². The predicted octanol–water partition coefficient (Wildman–Crippen LogP) is 4.83. The molecule has 5 nitrogen and oxygen atoms in total. The average molecular weight is 415 g/mol. The number of carbonyl (C=O) groups is 1. The fourth-order valence-electron chi connectivity index (χ4n) is 3.84. The maximum absolute atomic E-state index is 12.9. The van der Waals surface area contributed by atoms with E-state index in [0.29, 0.717) is 31.1 Å². The summed E-state index contributed by atoms with van der Waals surface area (Å²) in [6.45, 7) is -1.05. The maximum Gasteiger partial charge on any atom is 0.387 e. The SMILES string of the molecule is O=C(C=Cc1ccccc1OC(F)F)N1CCCC1c1ccc2c(c1)OCCCO2. The number of hydrogen-bond acceptors (Lipinski definition) is 4. The minimum absolute atomic E-state index is 0.0393. The van der Waals surface area contributed by atoms with Gasteiger partial charge in [0, 0.05) is 24.6 Å². The molecule has 2 aromatic rings. The number of rotatable bonds is 5. The van der Waals surface area contributed by atoms with Gasteiger partial charge in [-0.1, -0.05) is 24.3 Å². The molecule has 0 radical (unpaired) electrons. The fourth-order valence-corrected chi connectivity index (χ4v) is 3.84. The lowest BCUT2D eigenvalue weighted by atomic mass is 10.0. The molecule has 1 fully saturated rings. The van der Waals surface area contributed by atoms with Crippen LogP contribution in [0.5, 0.6) is 17.2 Å². The second-order valence-corrected chi connectivity index (χ2v) is 7.20. The normalized spacial score (nSPS) is 18.6. The van der Waals surface area contributed by atoms with Crippen molar-refractivity contribution in [2.75, 3.05) is 19.8 Å². The van der Waals surface area contributed by atoms with Crippen LogP contribution in [0.1, 0.15) is 36.4 Å². The van der Waals surface area contributed by atoms with Crippen LogP contribution in [0.25, 0.3) is 6.08 Å². The minimum atomic E-state index is -2.92. The van der Waals surface area contributed by atoms with E-state index in [2.05, 4.69) is 4.74 Å². The summed E-state index contributed by atoms with van der Waals surface area (Å²) in [6, 6.07) is 12.2. The zero-order chi connectivity index (χ0) is 20.9. The van der Waals surface area contributed by atoms with Crippen LogP contribution in [0.15, 0.2) is 48.5 Å². The Morgan fingerprint density at radius 2 is 1.90 bits per heavy atom. The molecular weight excluding hydrogens is 392 g/mol. The number of hydrogen-bond donors (Lipinski definition) is 0. The van der Waals surface area contributed by atoms with Gasteiger partial charge in [-0.2, -0.15) is 8.78 Å². The first-order valence-corrected chi connectivity index (χ1v) is 10.0. The highest BCUT2D eigenvalue weighted by Crippen LogP contribution is 2.38. The van der Waals surface area contributed by atoms with E-state index in [-0.39, 0.29) is 17.7 Å². The number of fused-ring (bicyclic) bond motifs is 1. The maximum atomic E-state index is 12.9. The van der Waals surface area contributed by atoms with Crippen molar-refractivity contribution in [1.29, 1.82) is 0 Å². The van der Waals surface area contributed by atoms with Crippen molar-refractivity contribution in [1.82, 2.24) is 4.90 Å². The first kappa shape index (κ1) is 20.2. The van der Waals surface area contributed by atoms with E-state index in [9.17, 15) is 13.6 Å². The molecule has 0 aromatic heterocycles. The van der Waals surface area contributed by atoms with Gasteiger partial charge in [0.15, 0.2) is 11.5 Å². The summed E-state index contributed by atoms with van der Waals surface area (Å²) >= 11 is 0. The quantitative estimate of drug-likeness (QED) is 0.657. The van der Waals surface area contributed by atoms with E-state index in [1.165, 1.54) is 18.2 Å². The Hall–Kier alpha value is -3.09. The lowest BCUT2D eigenvalue weighted by molar-refractivity contribution is -0.126. The van der Waals surface area contributed by atoms with E-state index >= 15 is 0 Å². The second kappa shape index (κ2) is 9.15. The summed E-state index contributed by atoms with van der Waals surface area (Å²) in [4.78, 5) is 14.7. The predicted molar refractivity (Wildman–Crippen MR) is 108 cm³/mol. The van der Waals surface area contributed by atoms with Crippen molar-refractivity contribution in [2.45, 2.75) is 31.9 Å². The average Bonchev–Trinajstić information content (AvgIpc) is 3.11. The molecule has 0 saturated carbocycles. The van der Waals surface area contributed by atoms with E-state index in [4.69, 9.17) is 9.47 Å². The molecule has 0 bridgehead atoms. The highest BCUT2D eigenvalue weighted by molar-refractivity contribution is 5.92. The highest BCUT2D eigenvalue weighted by atomic mass is 19.3. The Morgan fingerprint density at radius 3 is 2.73 bits per heavy atom. The van der Waals surface area contributed by atoms with Crippen molar-refractivity contribution in [3.05, 3.63) is 59.7 Å². The van der Waals surface area contributed by atoms with Crippen LogP contribution in [-0.4, -0.2) is 37.2 Å². The summed E-state index contributed by atoms with van der Waals surface area (Å²) < 4.78 is 41.2. The molecule has 1 amide bonds. The Morgan fingerprint density at radius 1 is 1.10 bits per heavy atom. The number of nitrogens with zero attached hydrogens (tertiary/aromatic N) is 1. The lowest BCUT2D eigenvalue weighted by Gasteiger charge is -2.24. The monoisotopic (exact) mass is 415 g/mol. The third kappa shape index (κ3) is 4.56. The number of amides is 1. The molecule has 30 heavy (non-hydrogen) atoms. The van der Waals surface area contributed by atoms with Crippen molar-refractivity contribution in [3.63, 3.8) is 0 Å². The molecule has 2 aromatic carbocycles. The summed E-state index contributed by atoms with van der Waals surface area (Å²) in [7, 11) is 0. The smallest absolute Gasteiger partial charge is 0.387 e. The van der Waals surface area contributed by atoms with Gasteiger partial charge < -0.3 is 19.1 Å². The van der Waals surface area contributed by atoms with Gasteiger partial charge in [-0.05, 0) is 42.7 Å². The number of likely N-dealkylation sites (tertiary alicyclic amines) is 1.